The lowest BCUT2D eigenvalue weighted by atomic mass is 9.92. The van der Waals surface area contributed by atoms with Crippen LogP contribution in [0.1, 0.15) is 38.3 Å². The van der Waals surface area contributed by atoms with Gasteiger partial charge in [0.25, 0.3) is 17.7 Å². The van der Waals surface area contributed by atoms with E-state index in [2.05, 4.69) is 0 Å². The molecule has 1 N–H and O–H groups in total. The average Bonchev–Trinajstić information content (AvgIpc) is 2.88. The Labute approximate surface area is 165 Å². The number of allylic oxidation sites excluding steroid dienone is 1. The monoisotopic (exact) mass is 388 g/mol. The lowest BCUT2D eigenvalue weighted by Gasteiger charge is -2.36. The normalized spacial score (nSPS) is 20.2. The Hall–Kier alpha value is -3.74. The van der Waals surface area contributed by atoms with Crippen LogP contribution in [-0.2, 0) is 22.4 Å². The van der Waals surface area contributed by atoms with Gasteiger partial charge in [0.05, 0.1) is 16.8 Å². The van der Waals surface area contributed by atoms with Gasteiger partial charge in [-0.1, -0.05) is 30.3 Å². The van der Waals surface area contributed by atoms with Crippen LogP contribution in [0.5, 0.6) is 0 Å². The molecule has 3 aliphatic heterocycles. The number of hydrogen-bond donors (Lipinski definition) is 1. The topological polar surface area (TPSA) is 95.0 Å². The zero-order valence-corrected chi connectivity index (χ0v) is 15.3. The number of nitrogens with zero attached hydrogens (tertiary/aromatic N) is 2. The molecule has 7 nitrogen and oxygen atoms in total. The maximum absolute atomic E-state index is 13.5. The van der Waals surface area contributed by atoms with E-state index in [1.54, 1.807) is 30.3 Å². The number of carboxylic acids is 1. The predicted octanol–water partition coefficient (Wildman–Crippen LogP) is 2.16. The predicted molar refractivity (Wildman–Crippen MR) is 102 cm³/mol. The van der Waals surface area contributed by atoms with E-state index in [1.807, 2.05) is 18.2 Å². The molecule has 0 radical (unpaired) electrons. The summed E-state index contributed by atoms with van der Waals surface area (Å²) in [6.45, 7) is 0. The standard InChI is InChI=1S/C22H16N2O5/c25-19-14-6-1-2-7-15(14)20(26)24(19)16-10-8-12-4-3-5-13-9-11-17(22(28)29)23(18(12)13)21(16)27/h1-7,10,17H,8-9,11H2,(H,28,29)/t17-/m0/s1. The number of carboxylic acid groups (broad SMARTS) is 1. The summed E-state index contributed by atoms with van der Waals surface area (Å²) in [6, 6.07) is 11.0. The van der Waals surface area contributed by atoms with Gasteiger partial charge in [-0.15, -0.1) is 0 Å². The zero-order chi connectivity index (χ0) is 20.3. The summed E-state index contributed by atoms with van der Waals surface area (Å²) in [4.78, 5) is 53.4. The van der Waals surface area contributed by atoms with E-state index in [-0.39, 0.29) is 23.2 Å². The van der Waals surface area contributed by atoms with Crippen LogP contribution in [0.3, 0.4) is 0 Å². The third-order valence-corrected chi connectivity index (χ3v) is 5.72. The van der Waals surface area contributed by atoms with Gasteiger partial charge < -0.3 is 5.11 Å². The zero-order valence-electron chi connectivity index (χ0n) is 15.3. The van der Waals surface area contributed by atoms with Crippen LogP contribution < -0.4 is 4.90 Å². The molecule has 0 aromatic heterocycles. The first-order valence-corrected chi connectivity index (χ1v) is 9.34. The minimum atomic E-state index is -1.11. The molecular weight excluding hydrogens is 372 g/mol. The number of carbonyl (C=O) groups is 4. The van der Waals surface area contributed by atoms with E-state index in [9.17, 15) is 24.3 Å². The lowest BCUT2D eigenvalue weighted by molar-refractivity contribution is -0.140. The van der Waals surface area contributed by atoms with Crippen molar-refractivity contribution >= 4 is 29.4 Å². The van der Waals surface area contributed by atoms with Crippen molar-refractivity contribution in [2.45, 2.75) is 25.3 Å². The molecule has 1 atom stereocenters. The van der Waals surface area contributed by atoms with Crippen molar-refractivity contribution < 1.29 is 24.3 Å². The van der Waals surface area contributed by atoms with Crippen molar-refractivity contribution in [3.05, 3.63) is 76.5 Å². The molecule has 0 unspecified atom stereocenters. The summed E-state index contributed by atoms with van der Waals surface area (Å²) in [6.07, 6.45) is 2.69. The highest BCUT2D eigenvalue weighted by Gasteiger charge is 2.45. The Balaban J connectivity index is 1.65. The number of rotatable bonds is 2. The van der Waals surface area contributed by atoms with E-state index < -0.39 is 29.7 Å². The van der Waals surface area contributed by atoms with Gasteiger partial charge in [0.15, 0.2) is 0 Å². The Morgan fingerprint density at radius 2 is 1.55 bits per heavy atom. The molecule has 2 aromatic rings. The van der Waals surface area contributed by atoms with E-state index in [0.717, 1.165) is 16.0 Å². The van der Waals surface area contributed by atoms with Crippen LogP contribution in [0.4, 0.5) is 5.69 Å². The number of anilines is 1. The number of fused-ring (bicyclic) bond motifs is 1. The molecule has 0 spiro atoms. The summed E-state index contributed by atoms with van der Waals surface area (Å²) in [5.74, 6) is -2.89. The number of carbonyl (C=O) groups excluding carboxylic acids is 3. The first-order valence-electron chi connectivity index (χ1n) is 9.34. The van der Waals surface area contributed by atoms with E-state index in [1.165, 1.54) is 4.90 Å². The summed E-state index contributed by atoms with van der Waals surface area (Å²) in [5.41, 5.74) is 2.66. The number of imide groups is 1. The minimum Gasteiger partial charge on any atom is -0.480 e. The Bertz CT molecular complexity index is 1110. The number of benzene rings is 2. The number of amides is 3. The van der Waals surface area contributed by atoms with Gasteiger partial charge in [-0.2, -0.15) is 0 Å². The summed E-state index contributed by atoms with van der Waals surface area (Å²) in [5, 5.41) is 9.73. The molecular formula is C22H16N2O5. The number of aliphatic carboxylic acids is 1. The minimum absolute atomic E-state index is 0.0912. The molecule has 0 bridgehead atoms. The molecule has 0 fully saturated rings. The van der Waals surface area contributed by atoms with E-state index in [0.29, 0.717) is 18.5 Å². The van der Waals surface area contributed by atoms with Crippen LogP contribution in [-0.4, -0.2) is 39.7 Å². The van der Waals surface area contributed by atoms with Crippen LogP contribution in [0.2, 0.25) is 0 Å². The van der Waals surface area contributed by atoms with Crippen molar-refractivity contribution in [2.24, 2.45) is 0 Å². The SMILES string of the molecule is O=C(O)[C@@H]1CCc2cccc3c2N1C(=O)C(N1C(=O)c2ccccc2C1=O)=CC3. The van der Waals surface area contributed by atoms with Gasteiger partial charge >= 0.3 is 5.97 Å². The molecule has 144 valence electrons. The maximum Gasteiger partial charge on any atom is 0.326 e. The summed E-state index contributed by atoms with van der Waals surface area (Å²) in [7, 11) is 0. The number of para-hydroxylation sites is 1. The van der Waals surface area contributed by atoms with Crippen LogP contribution in [0.15, 0.2) is 54.2 Å². The molecule has 2 aromatic carbocycles. The van der Waals surface area contributed by atoms with Crippen molar-refractivity contribution in [3.8, 4) is 0 Å². The Morgan fingerprint density at radius 1 is 0.897 bits per heavy atom. The third-order valence-electron chi connectivity index (χ3n) is 5.72. The van der Waals surface area contributed by atoms with Crippen molar-refractivity contribution in [3.63, 3.8) is 0 Å². The number of aryl methyl sites for hydroxylation is 1. The average molecular weight is 388 g/mol. The van der Waals surface area contributed by atoms with Crippen molar-refractivity contribution in [1.82, 2.24) is 4.90 Å². The lowest BCUT2D eigenvalue weighted by Crippen LogP contribution is -2.51. The maximum atomic E-state index is 13.5. The van der Waals surface area contributed by atoms with Gasteiger partial charge in [0, 0.05) is 0 Å². The molecule has 29 heavy (non-hydrogen) atoms. The largest absolute Gasteiger partial charge is 0.480 e. The molecule has 3 heterocycles. The summed E-state index contributed by atoms with van der Waals surface area (Å²) < 4.78 is 0. The molecule has 5 rings (SSSR count). The first kappa shape index (κ1) is 17.4. The molecule has 3 aliphatic rings. The van der Waals surface area contributed by atoms with E-state index >= 15 is 0 Å². The highest BCUT2D eigenvalue weighted by atomic mass is 16.4. The quantitative estimate of drug-likeness (QED) is 0.796. The third kappa shape index (κ3) is 2.37. The molecule has 0 saturated carbocycles. The van der Waals surface area contributed by atoms with Crippen LogP contribution in [0, 0.1) is 0 Å². The van der Waals surface area contributed by atoms with Crippen LogP contribution in [0.25, 0.3) is 0 Å². The second kappa shape index (κ2) is 6.13. The molecule has 3 amide bonds. The van der Waals surface area contributed by atoms with Gasteiger partial charge in [0.1, 0.15) is 11.7 Å². The van der Waals surface area contributed by atoms with Crippen LogP contribution >= 0.6 is 0 Å². The van der Waals surface area contributed by atoms with Crippen molar-refractivity contribution in [1.29, 1.82) is 0 Å². The molecule has 0 saturated heterocycles. The first-order chi connectivity index (χ1) is 14.0. The molecule has 0 aliphatic carbocycles. The van der Waals surface area contributed by atoms with Gasteiger partial charge in [-0.25, -0.2) is 9.69 Å². The Morgan fingerprint density at radius 3 is 2.21 bits per heavy atom. The van der Waals surface area contributed by atoms with Gasteiger partial charge in [-0.05, 0) is 48.6 Å². The second-order valence-electron chi connectivity index (χ2n) is 7.28. The van der Waals surface area contributed by atoms with E-state index in [4.69, 9.17) is 0 Å². The highest BCUT2D eigenvalue weighted by molar-refractivity contribution is 6.26. The Kier molecular flexibility index (Phi) is 3.67. The highest BCUT2D eigenvalue weighted by Crippen LogP contribution is 2.39. The van der Waals surface area contributed by atoms with Gasteiger partial charge in [0.2, 0.25) is 0 Å². The van der Waals surface area contributed by atoms with Crippen molar-refractivity contribution in [2.75, 3.05) is 4.90 Å². The van der Waals surface area contributed by atoms with Gasteiger partial charge in [-0.3, -0.25) is 19.3 Å². The second-order valence-corrected chi connectivity index (χ2v) is 7.28. The summed E-state index contributed by atoms with van der Waals surface area (Å²) >= 11 is 0. The molecule has 7 heteroatoms. The smallest absolute Gasteiger partial charge is 0.326 e. The fraction of sp³-hybridized carbons (Fsp3) is 0.182. The number of hydrogen-bond acceptors (Lipinski definition) is 4. The fourth-order valence-electron chi connectivity index (χ4n) is 4.39. The fourth-order valence-corrected chi connectivity index (χ4v) is 4.39.